The predicted octanol–water partition coefficient (Wildman–Crippen LogP) is 0.943. The molecule has 0 saturated carbocycles. The molecular formula is C13H19N3O2. The number of phenols is 1. The Kier molecular flexibility index (Phi) is 4.41. The lowest BCUT2D eigenvalue weighted by molar-refractivity contribution is 0.239. The van der Waals surface area contributed by atoms with Gasteiger partial charge >= 0.3 is 6.03 Å². The van der Waals surface area contributed by atoms with Crippen molar-refractivity contribution in [2.75, 3.05) is 13.1 Å². The summed E-state index contributed by atoms with van der Waals surface area (Å²) < 4.78 is 0. The molecule has 0 spiro atoms. The van der Waals surface area contributed by atoms with E-state index in [9.17, 15) is 4.79 Å². The molecule has 1 aliphatic rings. The van der Waals surface area contributed by atoms with E-state index in [1.165, 1.54) is 6.42 Å². The van der Waals surface area contributed by atoms with Gasteiger partial charge in [-0.3, -0.25) is 0 Å². The summed E-state index contributed by atoms with van der Waals surface area (Å²) in [6.45, 7) is 2.17. The molecule has 98 valence electrons. The minimum Gasteiger partial charge on any atom is -0.508 e. The van der Waals surface area contributed by atoms with Crippen LogP contribution in [0.15, 0.2) is 24.3 Å². The molecule has 0 bridgehead atoms. The second kappa shape index (κ2) is 6.26. The Hall–Kier alpha value is -1.75. The summed E-state index contributed by atoms with van der Waals surface area (Å²) in [5, 5.41) is 18.1. The second-order valence-electron chi connectivity index (χ2n) is 4.52. The third kappa shape index (κ3) is 3.92. The molecule has 1 aromatic carbocycles. The lowest BCUT2D eigenvalue weighted by Gasteiger charge is -2.12. The molecule has 1 heterocycles. The lowest BCUT2D eigenvalue weighted by Crippen LogP contribution is -2.42. The Morgan fingerprint density at radius 2 is 2.11 bits per heavy atom. The van der Waals surface area contributed by atoms with Gasteiger partial charge in [-0.05, 0) is 37.1 Å². The molecule has 0 aliphatic carbocycles. The van der Waals surface area contributed by atoms with Gasteiger partial charge in [0.15, 0.2) is 0 Å². The van der Waals surface area contributed by atoms with Crippen molar-refractivity contribution < 1.29 is 9.90 Å². The number of nitrogens with one attached hydrogen (secondary N) is 3. The highest BCUT2D eigenvalue weighted by molar-refractivity contribution is 5.73. The van der Waals surface area contributed by atoms with E-state index >= 15 is 0 Å². The highest BCUT2D eigenvalue weighted by Crippen LogP contribution is 2.09. The first kappa shape index (κ1) is 12.7. The summed E-state index contributed by atoms with van der Waals surface area (Å²) in [6.07, 6.45) is 2.31. The molecule has 1 unspecified atom stereocenters. The number of hydrogen-bond donors (Lipinski definition) is 4. The van der Waals surface area contributed by atoms with Gasteiger partial charge in [0.1, 0.15) is 5.75 Å². The highest BCUT2D eigenvalue weighted by atomic mass is 16.3. The van der Waals surface area contributed by atoms with Crippen LogP contribution in [0.5, 0.6) is 5.75 Å². The summed E-state index contributed by atoms with van der Waals surface area (Å²) in [5.74, 6) is 0.232. The van der Waals surface area contributed by atoms with E-state index in [0.717, 1.165) is 18.5 Å². The summed E-state index contributed by atoms with van der Waals surface area (Å²) in [7, 11) is 0. The minimum atomic E-state index is -0.156. The van der Waals surface area contributed by atoms with Crippen molar-refractivity contribution in [1.82, 2.24) is 16.0 Å². The van der Waals surface area contributed by atoms with Gasteiger partial charge in [-0.25, -0.2) is 4.79 Å². The maximum atomic E-state index is 11.5. The molecule has 1 saturated heterocycles. The quantitative estimate of drug-likeness (QED) is 0.642. The van der Waals surface area contributed by atoms with E-state index in [1.807, 2.05) is 0 Å². The van der Waals surface area contributed by atoms with Gasteiger partial charge < -0.3 is 21.1 Å². The van der Waals surface area contributed by atoms with Crippen LogP contribution >= 0.6 is 0 Å². The minimum absolute atomic E-state index is 0.156. The van der Waals surface area contributed by atoms with Crippen LogP contribution in [0, 0.1) is 0 Å². The molecule has 1 aromatic rings. The van der Waals surface area contributed by atoms with Crippen LogP contribution in [0.4, 0.5) is 4.79 Å². The molecule has 1 aliphatic heterocycles. The van der Waals surface area contributed by atoms with Gasteiger partial charge in [-0.15, -0.1) is 0 Å². The molecule has 5 nitrogen and oxygen atoms in total. The average molecular weight is 249 g/mol. The molecular weight excluding hydrogens is 230 g/mol. The van der Waals surface area contributed by atoms with Crippen molar-refractivity contribution in [1.29, 1.82) is 0 Å². The summed E-state index contributed by atoms with van der Waals surface area (Å²) in [6, 6.07) is 7.04. The van der Waals surface area contributed by atoms with Crippen LogP contribution in [-0.4, -0.2) is 30.3 Å². The summed E-state index contributed by atoms with van der Waals surface area (Å²) in [4.78, 5) is 11.5. The Bertz CT molecular complexity index is 386. The number of amides is 2. The highest BCUT2D eigenvalue weighted by Gasteiger charge is 2.14. The number of carbonyl (C=O) groups is 1. The maximum Gasteiger partial charge on any atom is 0.315 e. The van der Waals surface area contributed by atoms with E-state index in [1.54, 1.807) is 24.3 Å². The van der Waals surface area contributed by atoms with Crippen molar-refractivity contribution in [3.8, 4) is 5.75 Å². The molecule has 2 amide bonds. The lowest BCUT2D eigenvalue weighted by atomic mass is 10.2. The average Bonchev–Trinajstić information content (AvgIpc) is 2.89. The van der Waals surface area contributed by atoms with Crippen LogP contribution in [0.3, 0.4) is 0 Å². The van der Waals surface area contributed by atoms with Crippen molar-refractivity contribution in [2.24, 2.45) is 0 Å². The van der Waals surface area contributed by atoms with Gasteiger partial charge in [-0.2, -0.15) is 0 Å². The molecule has 1 fully saturated rings. The maximum absolute atomic E-state index is 11.5. The van der Waals surface area contributed by atoms with Crippen LogP contribution in [0.25, 0.3) is 0 Å². The zero-order valence-corrected chi connectivity index (χ0v) is 10.3. The standard InChI is InChI=1S/C13H19N3O2/c17-12-5-3-10(4-6-12)8-15-13(18)16-9-11-2-1-7-14-11/h3-6,11,14,17H,1-2,7-9H2,(H2,15,16,18). The van der Waals surface area contributed by atoms with Crippen LogP contribution in [0.1, 0.15) is 18.4 Å². The van der Waals surface area contributed by atoms with Gasteiger partial charge in [0, 0.05) is 19.1 Å². The predicted molar refractivity (Wildman–Crippen MR) is 69.4 cm³/mol. The van der Waals surface area contributed by atoms with E-state index in [4.69, 9.17) is 5.11 Å². The number of rotatable bonds is 4. The molecule has 5 heteroatoms. The molecule has 1 atom stereocenters. The fourth-order valence-corrected chi connectivity index (χ4v) is 2.01. The third-order valence-electron chi connectivity index (χ3n) is 3.06. The summed E-state index contributed by atoms with van der Waals surface area (Å²) in [5.41, 5.74) is 0.960. The van der Waals surface area contributed by atoms with Crippen LogP contribution < -0.4 is 16.0 Å². The second-order valence-corrected chi connectivity index (χ2v) is 4.52. The fraction of sp³-hybridized carbons (Fsp3) is 0.462. The van der Waals surface area contributed by atoms with E-state index in [2.05, 4.69) is 16.0 Å². The Morgan fingerprint density at radius 1 is 1.33 bits per heavy atom. The van der Waals surface area contributed by atoms with Crippen LogP contribution in [-0.2, 0) is 6.54 Å². The van der Waals surface area contributed by atoms with E-state index in [0.29, 0.717) is 19.1 Å². The van der Waals surface area contributed by atoms with Gasteiger partial charge in [-0.1, -0.05) is 12.1 Å². The first-order valence-electron chi connectivity index (χ1n) is 6.27. The third-order valence-corrected chi connectivity index (χ3v) is 3.06. The zero-order valence-electron chi connectivity index (χ0n) is 10.3. The number of hydrogen-bond acceptors (Lipinski definition) is 3. The van der Waals surface area contributed by atoms with Crippen molar-refractivity contribution >= 4 is 6.03 Å². The van der Waals surface area contributed by atoms with E-state index in [-0.39, 0.29) is 11.8 Å². The Morgan fingerprint density at radius 3 is 2.78 bits per heavy atom. The van der Waals surface area contributed by atoms with Crippen molar-refractivity contribution in [2.45, 2.75) is 25.4 Å². The SMILES string of the molecule is O=C(NCc1ccc(O)cc1)NCC1CCCN1. The van der Waals surface area contributed by atoms with Gasteiger partial charge in [0.25, 0.3) is 0 Å². The number of carbonyl (C=O) groups excluding carboxylic acids is 1. The fourth-order valence-electron chi connectivity index (χ4n) is 2.01. The molecule has 2 rings (SSSR count). The van der Waals surface area contributed by atoms with E-state index < -0.39 is 0 Å². The monoisotopic (exact) mass is 249 g/mol. The smallest absolute Gasteiger partial charge is 0.315 e. The Labute approximate surface area is 107 Å². The molecule has 18 heavy (non-hydrogen) atoms. The first-order chi connectivity index (χ1) is 8.74. The zero-order chi connectivity index (χ0) is 12.8. The summed E-state index contributed by atoms with van der Waals surface area (Å²) >= 11 is 0. The topological polar surface area (TPSA) is 73.4 Å². The number of urea groups is 1. The number of aromatic hydroxyl groups is 1. The number of benzene rings is 1. The molecule has 0 aromatic heterocycles. The first-order valence-corrected chi connectivity index (χ1v) is 6.27. The van der Waals surface area contributed by atoms with Crippen molar-refractivity contribution in [3.05, 3.63) is 29.8 Å². The largest absolute Gasteiger partial charge is 0.508 e. The van der Waals surface area contributed by atoms with Gasteiger partial charge in [0.05, 0.1) is 0 Å². The number of phenolic OH excluding ortho intramolecular Hbond substituents is 1. The molecule has 4 N–H and O–H groups in total. The Balaban J connectivity index is 1.66. The van der Waals surface area contributed by atoms with Gasteiger partial charge in [0.2, 0.25) is 0 Å². The normalized spacial score (nSPS) is 18.6. The van der Waals surface area contributed by atoms with Crippen molar-refractivity contribution in [3.63, 3.8) is 0 Å². The molecule has 0 radical (unpaired) electrons. The van der Waals surface area contributed by atoms with Crippen LogP contribution in [0.2, 0.25) is 0 Å².